The molecule has 15 heavy (non-hydrogen) atoms. The van der Waals surface area contributed by atoms with Gasteiger partial charge in [0.05, 0.1) is 0 Å². The first-order valence-electron chi connectivity index (χ1n) is 6.34. The third-order valence-corrected chi connectivity index (χ3v) is 3.71. The molecule has 1 amide bonds. The molecule has 0 spiro atoms. The van der Waals surface area contributed by atoms with Crippen LogP contribution in [0.2, 0.25) is 0 Å². The summed E-state index contributed by atoms with van der Waals surface area (Å²) in [5.41, 5.74) is 0. The molecule has 3 atom stereocenters. The molecule has 1 fully saturated rings. The van der Waals surface area contributed by atoms with Crippen molar-refractivity contribution in [3.05, 3.63) is 0 Å². The second kappa shape index (κ2) is 5.53. The summed E-state index contributed by atoms with van der Waals surface area (Å²) in [5.74, 6) is 2.47. The average Bonchev–Trinajstić information content (AvgIpc) is 2.17. The Hall–Kier alpha value is -0.530. The third kappa shape index (κ3) is 3.22. The molecule has 1 rings (SSSR count). The highest BCUT2D eigenvalue weighted by Crippen LogP contribution is 2.37. The minimum Gasteiger partial charge on any atom is -0.356 e. The maximum absolute atomic E-state index is 11.9. The first-order chi connectivity index (χ1) is 7.06. The zero-order chi connectivity index (χ0) is 11.4. The molecule has 88 valence electrons. The molecule has 0 aliphatic heterocycles. The maximum Gasteiger partial charge on any atom is 0.223 e. The van der Waals surface area contributed by atoms with Gasteiger partial charge in [0.15, 0.2) is 0 Å². The highest BCUT2D eigenvalue weighted by atomic mass is 16.1. The van der Waals surface area contributed by atoms with Crippen molar-refractivity contribution in [2.45, 2.75) is 47.0 Å². The fourth-order valence-electron chi connectivity index (χ4n) is 2.81. The molecular formula is C13H25NO. The summed E-state index contributed by atoms with van der Waals surface area (Å²) in [7, 11) is 0. The van der Waals surface area contributed by atoms with Crippen LogP contribution in [-0.4, -0.2) is 12.5 Å². The molecule has 0 aromatic heterocycles. The summed E-state index contributed by atoms with van der Waals surface area (Å²) in [6.45, 7) is 9.51. The van der Waals surface area contributed by atoms with Crippen molar-refractivity contribution in [3.8, 4) is 0 Å². The Morgan fingerprint density at radius 1 is 1.40 bits per heavy atom. The molecule has 0 saturated heterocycles. The zero-order valence-corrected chi connectivity index (χ0v) is 10.5. The van der Waals surface area contributed by atoms with Gasteiger partial charge in [0, 0.05) is 12.5 Å². The van der Waals surface area contributed by atoms with Gasteiger partial charge in [0.1, 0.15) is 0 Å². The normalized spacial score (nSPS) is 31.7. The van der Waals surface area contributed by atoms with E-state index < -0.39 is 0 Å². The largest absolute Gasteiger partial charge is 0.356 e. The molecule has 1 saturated carbocycles. The molecule has 0 aromatic carbocycles. The van der Waals surface area contributed by atoms with Gasteiger partial charge in [-0.1, -0.05) is 27.2 Å². The number of nitrogens with one attached hydrogen (secondary N) is 1. The number of hydrogen-bond donors (Lipinski definition) is 1. The Bertz CT molecular complexity index is 213. The van der Waals surface area contributed by atoms with E-state index in [0.29, 0.717) is 17.8 Å². The van der Waals surface area contributed by atoms with Crippen LogP contribution >= 0.6 is 0 Å². The van der Waals surface area contributed by atoms with Crippen LogP contribution in [0.5, 0.6) is 0 Å². The monoisotopic (exact) mass is 211 g/mol. The zero-order valence-electron chi connectivity index (χ0n) is 10.5. The predicted molar refractivity (Wildman–Crippen MR) is 63.5 cm³/mol. The van der Waals surface area contributed by atoms with Crippen molar-refractivity contribution < 1.29 is 4.79 Å². The van der Waals surface area contributed by atoms with Crippen LogP contribution in [0.4, 0.5) is 0 Å². The minimum atomic E-state index is 0.258. The summed E-state index contributed by atoms with van der Waals surface area (Å²) >= 11 is 0. The quantitative estimate of drug-likeness (QED) is 0.764. The second-order valence-corrected chi connectivity index (χ2v) is 5.33. The molecule has 2 heteroatoms. The molecule has 1 N–H and O–H groups in total. The Morgan fingerprint density at radius 2 is 2.07 bits per heavy atom. The first-order valence-corrected chi connectivity index (χ1v) is 6.34. The Kier molecular flexibility index (Phi) is 4.62. The summed E-state index contributed by atoms with van der Waals surface area (Å²) in [5, 5.41) is 2.98. The van der Waals surface area contributed by atoms with Crippen LogP contribution in [-0.2, 0) is 4.79 Å². The van der Waals surface area contributed by atoms with Crippen LogP contribution in [0.1, 0.15) is 47.0 Å². The molecule has 0 aromatic rings. The lowest BCUT2D eigenvalue weighted by Crippen LogP contribution is -2.40. The molecule has 1 aliphatic rings. The van der Waals surface area contributed by atoms with E-state index in [1.165, 1.54) is 12.8 Å². The van der Waals surface area contributed by atoms with Crippen LogP contribution in [0.15, 0.2) is 0 Å². The number of amides is 1. The number of carbonyl (C=O) groups is 1. The lowest BCUT2D eigenvalue weighted by molar-refractivity contribution is -0.129. The highest BCUT2D eigenvalue weighted by Gasteiger charge is 2.34. The average molecular weight is 211 g/mol. The Labute approximate surface area is 93.8 Å². The van der Waals surface area contributed by atoms with E-state index in [0.717, 1.165) is 13.0 Å². The lowest BCUT2D eigenvalue weighted by Gasteiger charge is -2.36. The third-order valence-electron chi connectivity index (χ3n) is 3.71. The number of rotatable bonds is 3. The van der Waals surface area contributed by atoms with E-state index in [1.807, 2.05) is 6.92 Å². The van der Waals surface area contributed by atoms with Gasteiger partial charge >= 0.3 is 0 Å². The molecule has 0 radical (unpaired) electrons. The maximum atomic E-state index is 11.9. The van der Waals surface area contributed by atoms with E-state index in [-0.39, 0.29) is 11.8 Å². The van der Waals surface area contributed by atoms with E-state index in [4.69, 9.17) is 0 Å². The van der Waals surface area contributed by atoms with Gasteiger partial charge in [-0.25, -0.2) is 0 Å². The molecule has 0 unspecified atom stereocenters. The fourth-order valence-corrected chi connectivity index (χ4v) is 2.81. The number of carbonyl (C=O) groups excluding carboxylic acids is 1. The summed E-state index contributed by atoms with van der Waals surface area (Å²) < 4.78 is 0. The molecule has 1 aliphatic carbocycles. The number of hydrogen-bond acceptors (Lipinski definition) is 1. The SMILES string of the molecule is CCNC(=O)[C@H]1C[C@@H](C)CC[C@@H]1C(C)C. The van der Waals surface area contributed by atoms with E-state index in [1.54, 1.807) is 0 Å². The summed E-state index contributed by atoms with van der Waals surface area (Å²) in [6, 6.07) is 0. The van der Waals surface area contributed by atoms with Gasteiger partial charge in [-0.15, -0.1) is 0 Å². The van der Waals surface area contributed by atoms with E-state index >= 15 is 0 Å². The predicted octanol–water partition coefficient (Wildman–Crippen LogP) is 2.83. The second-order valence-electron chi connectivity index (χ2n) is 5.33. The van der Waals surface area contributed by atoms with Crippen molar-refractivity contribution in [1.82, 2.24) is 5.32 Å². The molecule has 0 bridgehead atoms. The summed E-state index contributed by atoms with van der Waals surface area (Å²) in [6.07, 6.45) is 3.59. The topological polar surface area (TPSA) is 29.1 Å². The Balaban J connectivity index is 2.65. The smallest absolute Gasteiger partial charge is 0.223 e. The van der Waals surface area contributed by atoms with Crippen LogP contribution < -0.4 is 5.32 Å². The van der Waals surface area contributed by atoms with Crippen molar-refractivity contribution in [2.24, 2.45) is 23.7 Å². The van der Waals surface area contributed by atoms with Gasteiger partial charge in [-0.2, -0.15) is 0 Å². The van der Waals surface area contributed by atoms with Crippen LogP contribution in [0, 0.1) is 23.7 Å². The molecular weight excluding hydrogens is 186 g/mol. The van der Waals surface area contributed by atoms with E-state index in [9.17, 15) is 4.79 Å². The molecule has 0 heterocycles. The van der Waals surface area contributed by atoms with Crippen molar-refractivity contribution in [2.75, 3.05) is 6.54 Å². The Morgan fingerprint density at radius 3 is 2.60 bits per heavy atom. The van der Waals surface area contributed by atoms with Gasteiger partial charge in [0.25, 0.3) is 0 Å². The van der Waals surface area contributed by atoms with Crippen molar-refractivity contribution >= 4 is 5.91 Å². The van der Waals surface area contributed by atoms with Gasteiger partial charge in [-0.3, -0.25) is 4.79 Å². The van der Waals surface area contributed by atoms with Crippen LogP contribution in [0.3, 0.4) is 0 Å². The van der Waals surface area contributed by atoms with Crippen molar-refractivity contribution in [1.29, 1.82) is 0 Å². The van der Waals surface area contributed by atoms with Crippen molar-refractivity contribution in [3.63, 3.8) is 0 Å². The fraction of sp³-hybridized carbons (Fsp3) is 0.923. The minimum absolute atomic E-state index is 0.258. The van der Waals surface area contributed by atoms with Gasteiger partial charge in [0.2, 0.25) is 5.91 Å². The van der Waals surface area contributed by atoms with Gasteiger partial charge in [-0.05, 0) is 37.5 Å². The van der Waals surface area contributed by atoms with Crippen LogP contribution in [0.25, 0.3) is 0 Å². The first kappa shape index (κ1) is 12.5. The lowest BCUT2D eigenvalue weighted by atomic mass is 9.70. The van der Waals surface area contributed by atoms with Gasteiger partial charge < -0.3 is 5.32 Å². The summed E-state index contributed by atoms with van der Waals surface area (Å²) in [4.78, 5) is 11.9. The highest BCUT2D eigenvalue weighted by molar-refractivity contribution is 5.79. The van der Waals surface area contributed by atoms with E-state index in [2.05, 4.69) is 26.1 Å². The molecule has 2 nitrogen and oxygen atoms in total. The standard InChI is InChI=1S/C13H25NO/c1-5-14-13(15)12-8-10(4)6-7-11(12)9(2)3/h9-12H,5-8H2,1-4H3,(H,14,15)/t10-,11+,12-/m0/s1.